The van der Waals surface area contributed by atoms with Gasteiger partial charge in [-0.1, -0.05) is 44.2 Å². The second kappa shape index (κ2) is 6.35. The van der Waals surface area contributed by atoms with Crippen LogP contribution in [0.5, 0.6) is 5.75 Å². The third-order valence-electron chi connectivity index (χ3n) is 5.79. The smallest absolute Gasteiger partial charge is 0.329 e. The summed E-state index contributed by atoms with van der Waals surface area (Å²) >= 11 is 0. The molecule has 2 aliphatic rings. The van der Waals surface area contributed by atoms with Crippen molar-refractivity contribution in [3.63, 3.8) is 0 Å². The van der Waals surface area contributed by atoms with E-state index in [1.165, 1.54) is 0 Å². The molecule has 0 aromatic heterocycles. The number of hydrogen-bond acceptors (Lipinski definition) is 4. The zero-order valence-corrected chi connectivity index (χ0v) is 16.5. The lowest BCUT2D eigenvalue weighted by atomic mass is 9.65. The molecule has 2 aromatic carbocycles. The predicted molar refractivity (Wildman–Crippen MR) is 103 cm³/mol. The molecule has 2 aromatic rings. The zero-order chi connectivity index (χ0) is 19.4. The molecule has 0 spiro atoms. The monoisotopic (exact) mass is 389 g/mol. The van der Waals surface area contributed by atoms with Crippen LogP contribution in [-0.2, 0) is 21.0 Å². The van der Waals surface area contributed by atoms with E-state index in [2.05, 4.69) is 19.9 Å². The third-order valence-corrected chi connectivity index (χ3v) is 6.57. The minimum absolute atomic E-state index is 0.00934. The van der Waals surface area contributed by atoms with Crippen molar-refractivity contribution in [1.82, 2.24) is 0 Å². The molecule has 0 bridgehead atoms. The quantitative estimate of drug-likeness (QED) is 0.778. The Kier molecular flexibility index (Phi) is 4.35. The fourth-order valence-electron chi connectivity index (χ4n) is 4.43. The van der Waals surface area contributed by atoms with Crippen LogP contribution in [0.3, 0.4) is 0 Å². The van der Waals surface area contributed by atoms with Gasteiger partial charge in [0.1, 0.15) is 5.75 Å². The molecule has 0 fully saturated rings. The number of hydroxylamine groups is 1. The van der Waals surface area contributed by atoms with E-state index in [-0.39, 0.29) is 23.5 Å². The van der Waals surface area contributed by atoms with Gasteiger partial charge in [-0.15, -0.1) is 0 Å². The second-order valence-corrected chi connectivity index (χ2v) is 9.45. The van der Waals surface area contributed by atoms with Gasteiger partial charge in [-0.05, 0) is 23.3 Å². The van der Waals surface area contributed by atoms with Crippen LogP contribution in [0.25, 0.3) is 0 Å². The number of anilines is 1. The summed E-state index contributed by atoms with van der Waals surface area (Å²) in [4.78, 5) is 24.5. The molecule has 7 heteroatoms. The summed E-state index contributed by atoms with van der Waals surface area (Å²) in [7, 11) is -2.48. The molecule has 2 unspecified atom stereocenters. The molecule has 0 amide bonds. The minimum atomic E-state index is -4.13. The molecule has 2 aliphatic heterocycles. The molecule has 2 N–H and O–H groups in total. The number of benzene rings is 2. The molecule has 0 saturated heterocycles. The van der Waals surface area contributed by atoms with Crippen molar-refractivity contribution < 1.29 is 23.9 Å². The van der Waals surface area contributed by atoms with Gasteiger partial charge in [0.15, 0.2) is 0 Å². The molecule has 4 rings (SSSR count). The maximum absolute atomic E-state index is 11.5. The first kappa shape index (κ1) is 18.5. The molecule has 0 aliphatic carbocycles. The topological polar surface area (TPSA) is 79.2 Å². The number of rotatable bonds is 3. The Bertz CT molecular complexity index is 922. The molecule has 27 heavy (non-hydrogen) atoms. The van der Waals surface area contributed by atoms with E-state index in [4.69, 9.17) is 9.57 Å². The van der Waals surface area contributed by atoms with Crippen LogP contribution in [0.4, 0.5) is 5.69 Å². The molecule has 0 saturated carbocycles. The number of hydrogen-bond donors (Lipinski definition) is 2. The summed E-state index contributed by atoms with van der Waals surface area (Å²) < 4.78 is 17.5. The average molecular weight is 389 g/mol. The summed E-state index contributed by atoms with van der Waals surface area (Å²) in [5.41, 5.74) is 3.40. The zero-order valence-electron chi connectivity index (χ0n) is 15.6. The Morgan fingerprint density at radius 1 is 1.26 bits per heavy atom. The number of nitrogens with zero attached hydrogens (tertiary/aromatic N) is 1. The Balaban J connectivity index is 1.86. The van der Waals surface area contributed by atoms with E-state index in [0.717, 1.165) is 22.6 Å². The minimum Gasteiger partial charge on any atom is -0.493 e. The van der Waals surface area contributed by atoms with Gasteiger partial charge in [0.05, 0.1) is 31.6 Å². The fraction of sp³-hybridized carbons (Fsp3) is 0.400. The molecule has 2 atom stereocenters. The van der Waals surface area contributed by atoms with Gasteiger partial charge < -0.3 is 14.5 Å². The Morgan fingerprint density at radius 3 is 2.70 bits per heavy atom. The highest BCUT2D eigenvalue weighted by Crippen LogP contribution is 2.55. The van der Waals surface area contributed by atoms with Crippen molar-refractivity contribution in [2.75, 3.05) is 18.8 Å². The van der Waals surface area contributed by atoms with E-state index in [1.54, 1.807) is 13.2 Å². The highest BCUT2D eigenvalue weighted by Gasteiger charge is 2.50. The predicted octanol–water partition coefficient (Wildman–Crippen LogP) is 3.77. The maximum atomic E-state index is 11.5. The Morgan fingerprint density at radius 2 is 2.00 bits per heavy atom. The van der Waals surface area contributed by atoms with Crippen molar-refractivity contribution in [2.24, 2.45) is 5.92 Å². The van der Waals surface area contributed by atoms with Crippen molar-refractivity contribution in [3.8, 4) is 5.75 Å². The van der Waals surface area contributed by atoms with E-state index in [9.17, 15) is 14.4 Å². The van der Waals surface area contributed by atoms with Gasteiger partial charge in [-0.25, -0.2) is 5.06 Å². The number of ether oxygens (including phenoxy) is 1. The van der Waals surface area contributed by atoms with Crippen LogP contribution in [0.15, 0.2) is 42.5 Å². The third kappa shape index (κ3) is 3.07. The Hall–Kier alpha value is -1.85. The first-order valence-electron chi connectivity index (χ1n) is 8.95. The van der Waals surface area contributed by atoms with Gasteiger partial charge in [0.2, 0.25) is 0 Å². The van der Waals surface area contributed by atoms with E-state index < -0.39 is 7.60 Å². The van der Waals surface area contributed by atoms with Crippen molar-refractivity contribution in [3.05, 3.63) is 59.2 Å². The molecular formula is C20H24NO5P. The van der Waals surface area contributed by atoms with Crippen molar-refractivity contribution >= 4 is 13.3 Å². The number of fused-ring (bicyclic) bond motifs is 4. The summed E-state index contributed by atoms with van der Waals surface area (Å²) in [5, 5.41) is 1.91. The molecule has 2 heterocycles. The lowest BCUT2D eigenvalue weighted by Gasteiger charge is -2.52. The first-order valence-corrected chi connectivity index (χ1v) is 10.7. The molecular weight excluding hydrogens is 365 g/mol. The van der Waals surface area contributed by atoms with Gasteiger partial charge in [-0.2, -0.15) is 0 Å². The summed E-state index contributed by atoms with van der Waals surface area (Å²) in [6.45, 7) is 4.88. The molecule has 0 radical (unpaired) electrons. The van der Waals surface area contributed by atoms with Crippen LogP contribution in [-0.4, -0.2) is 23.5 Å². The van der Waals surface area contributed by atoms with Crippen LogP contribution in [0.2, 0.25) is 0 Å². The molecule has 6 nitrogen and oxygen atoms in total. The van der Waals surface area contributed by atoms with E-state index in [0.29, 0.717) is 12.2 Å². The summed E-state index contributed by atoms with van der Waals surface area (Å²) in [6, 6.07) is 13.6. The van der Waals surface area contributed by atoms with E-state index in [1.807, 2.05) is 35.4 Å². The largest absolute Gasteiger partial charge is 0.493 e. The van der Waals surface area contributed by atoms with Gasteiger partial charge in [0, 0.05) is 16.9 Å². The van der Waals surface area contributed by atoms with Gasteiger partial charge in [-0.3, -0.25) is 9.40 Å². The van der Waals surface area contributed by atoms with Gasteiger partial charge in [0.25, 0.3) is 0 Å². The highest BCUT2D eigenvalue weighted by molar-refractivity contribution is 7.50. The van der Waals surface area contributed by atoms with Crippen LogP contribution in [0, 0.1) is 5.92 Å². The lowest BCUT2D eigenvalue weighted by molar-refractivity contribution is 0.0441. The van der Waals surface area contributed by atoms with Crippen LogP contribution < -0.4 is 9.80 Å². The highest BCUT2D eigenvalue weighted by atomic mass is 31.2. The maximum Gasteiger partial charge on any atom is 0.329 e. The van der Waals surface area contributed by atoms with Crippen molar-refractivity contribution in [2.45, 2.75) is 31.5 Å². The Labute approximate surface area is 158 Å². The molecule has 144 valence electrons. The van der Waals surface area contributed by atoms with Crippen LogP contribution in [0.1, 0.15) is 36.6 Å². The standard InChI is InChI=1S/C20H24NO5P/c1-20(2)15-10-13(12-27(22,23)24)8-9-17(15)21(25-3)19-14-6-4-5-7-18(14)26-11-16(19)20/h4-10,16,19H,11-12H2,1-3H3,(H2,22,23,24). The second-order valence-electron chi connectivity index (χ2n) is 7.80. The lowest BCUT2D eigenvalue weighted by Crippen LogP contribution is -2.51. The first-order chi connectivity index (χ1) is 12.7. The number of para-hydroxylation sites is 1. The SMILES string of the molecule is CON1c2ccc(CP(=O)(O)O)cc2C(C)(C)C2COc3ccccc3C21. The summed E-state index contributed by atoms with van der Waals surface area (Å²) in [6.07, 6.45) is -0.267. The van der Waals surface area contributed by atoms with Gasteiger partial charge >= 0.3 is 7.60 Å². The summed E-state index contributed by atoms with van der Waals surface area (Å²) in [5.74, 6) is 1.00. The normalized spacial score (nSPS) is 23.1. The van der Waals surface area contributed by atoms with Crippen LogP contribution >= 0.6 is 7.60 Å². The van der Waals surface area contributed by atoms with E-state index >= 15 is 0 Å². The van der Waals surface area contributed by atoms with Crippen molar-refractivity contribution in [1.29, 1.82) is 0 Å². The average Bonchev–Trinajstić information content (AvgIpc) is 2.61. The fourth-order valence-corrected chi connectivity index (χ4v) is 5.10.